The van der Waals surface area contributed by atoms with Crippen molar-refractivity contribution in [2.75, 3.05) is 32.1 Å². The Labute approximate surface area is 245 Å². The number of ether oxygens (including phenoxy) is 2. The van der Waals surface area contributed by atoms with E-state index in [1.54, 1.807) is 0 Å². The van der Waals surface area contributed by atoms with Crippen molar-refractivity contribution in [1.29, 1.82) is 0 Å². The smallest absolute Gasteiger partial charge is 0.419 e. The molecule has 1 saturated heterocycles. The Balaban J connectivity index is 0.00000462. The first-order valence-corrected chi connectivity index (χ1v) is 13.4. The Kier molecular flexibility index (Phi) is 10.3. The van der Waals surface area contributed by atoms with Gasteiger partial charge < -0.3 is 14.6 Å². The molecule has 1 aromatic heterocycles. The maximum Gasteiger partial charge on any atom is 0.419 e. The highest BCUT2D eigenvalue weighted by Gasteiger charge is 2.35. The summed E-state index contributed by atoms with van der Waals surface area (Å²) in [5.74, 6) is -1.58. The number of carboxylic acid groups (broad SMARTS) is 1. The molecule has 0 unspecified atom stereocenters. The van der Waals surface area contributed by atoms with E-state index in [2.05, 4.69) is 29.0 Å². The summed E-state index contributed by atoms with van der Waals surface area (Å²) in [6.45, 7) is 6.04. The van der Waals surface area contributed by atoms with Gasteiger partial charge in [0.1, 0.15) is 11.5 Å². The van der Waals surface area contributed by atoms with Gasteiger partial charge in [-0.05, 0) is 67.3 Å². The van der Waals surface area contributed by atoms with Crippen LogP contribution in [0.3, 0.4) is 0 Å². The zero-order valence-electron chi connectivity index (χ0n) is 22.7. The van der Waals surface area contributed by atoms with Crippen molar-refractivity contribution in [3.05, 3.63) is 58.5 Å². The Bertz CT molecular complexity index is 1380. The van der Waals surface area contributed by atoms with Gasteiger partial charge in [0.2, 0.25) is 0 Å². The van der Waals surface area contributed by atoms with Gasteiger partial charge in [0.05, 0.1) is 18.4 Å². The highest BCUT2D eigenvalue weighted by Crippen LogP contribution is 2.41. The second-order valence-electron chi connectivity index (χ2n) is 10.3. The minimum absolute atomic E-state index is 0. The Hall–Kier alpha value is -3.35. The summed E-state index contributed by atoms with van der Waals surface area (Å²) >= 11 is 1.22. The Morgan fingerprint density at radius 3 is 2.49 bits per heavy atom. The number of carbonyl (C=O) groups excluding carboxylic acids is 1. The predicted molar refractivity (Wildman–Crippen MR) is 152 cm³/mol. The number of thiazole rings is 1. The molecule has 1 aliphatic heterocycles. The molecule has 2 N–H and O–H groups in total. The lowest BCUT2D eigenvalue weighted by molar-refractivity contribution is -0.139. The lowest BCUT2D eigenvalue weighted by Gasteiger charge is -2.37. The van der Waals surface area contributed by atoms with Gasteiger partial charge in [-0.1, -0.05) is 25.2 Å². The number of benzene rings is 2. The summed E-state index contributed by atoms with van der Waals surface area (Å²) in [6, 6.07) is 9.76. The first-order chi connectivity index (χ1) is 18.8. The second-order valence-corrected chi connectivity index (χ2v) is 11.4. The normalized spacial score (nSPS) is 15.1. The van der Waals surface area contributed by atoms with Gasteiger partial charge in [0.25, 0.3) is 5.91 Å². The largest absolute Gasteiger partial charge is 0.496 e. The molecule has 1 amide bonds. The minimum Gasteiger partial charge on any atom is -0.496 e. The number of likely N-dealkylation sites (tertiary alicyclic amines) is 1. The fourth-order valence-electron chi connectivity index (χ4n) is 4.71. The molecule has 0 aliphatic carbocycles. The Morgan fingerprint density at radius 2 is 1.88 bits per heavy atom. The van der Waals surface area contributed by atoms with Crippen molar-refractivity contribution >= 4 is 40.8 Å². The van der Waals surface area contributed by atoms with Crippen molar-refractivity contribution in [2.45, 2.75) is 39.4 Å². The number of alkyl halides is 3. The van der Waals surface area contributed by atoms with Gasteiger partial charge in [-0.3, -0.25) is 15.0 Å². The molecular weight excluding hydrogens is 583 g/mol. The predicted octanol–water partition coefficient (Wildman–Crippen LogP) is 6.60. The molecule has 2 aromatic carbocycles. The van der Waals surface area contributed by atoms with E-state index in [0.717, 1.165) is 36.9 Å². The molecule has 41 heavy (non-hydrogen) atoms. The Morgan fingerprint density at radius 1 is 1.17 bits per heavy atom. The van der Waals surface area contributed by atoms with E-state index in [1.807, 2.05) is 0 Å². The number of nitrogens with zero attached hydrogens (tertiary/aromatic N) is 2. The molecule has 0 saturated carbocycles. The SMILES string of the molecule is COc1ccc(-c2nc(NC(=O)c3ccc(OCC(=O)O)cc3)sc2CN2CCCC(C)(C)C2)cc1C(F)(F)F.Cl. The zero-order valence-corrected chi connectivity index (χ0v) is 24.3. The fourth-order valence-corrected chi connectivity index (χ4v) is 5.74. The van der Waals surface area contributed by atoms with Gasteiger partial charge in [-0.15, -0.1) is 12.4 Å². The molecular formula is C28H31ClF3N3O5S. The summed E-state index contributed by atoms with van der Waals surface area (Å²) in [5.41, 5.74) is 0.138. The van der Waals surface area contributed by atoms with Crippen LogP contribution in [-0.2, 0) is 17.5 Å². The molecule has 13 heteroatoms. The fraction of sp³-hybridized carbons (Fsp3) is 0.393. The number of aliphatic carboxylic acids is 1. The van der Waals surface area contributed by atoms with Crippen molar-refractivity contribution < 1.29 is 37.3 Å². The highest BCUT2D eigenvalue weighted by atomic mass is 35.5. The molecule has 1 aliphatic rings. The molecule has 8 nitrogen and oxygen atoms in total. The van der Waals surface area contributed by atoms with Crippen LogP contribution in [0.5, 0.6) is 11.5 Å². The average Bonchev–Trinajstić information content (AvgIpc) is 3.27. The van der Waals surface area contributed by atoms with Crippen LogP contribution >= 0.6 is 23.7 Å². The summed E-state index contributed by atoms with van der Waals surface area (Å²) in [5, 5.41) is 11.7. The lowest BCUT2D eigenvalue weighted by Crippen LogP contribution is -2.39. The molecule has 4 rings (SSSR count). The third-order valence-corrected chi connectivity index (χ3v) is 7.48. The number of aromatic nitrogens is 1. The van der Waals surface area contributed by atoms with Crippen molar-refractivity contribution in [1.82, 2.24) is 9.88 Å². The van der Waals surface area contributed by atoms with Crippen LogP contribution in [0.25, 0.3) is 11.3 Å². The molecule has 0 bridgehead atoms. The zero-order chi connectivity index (χ0) is 29.1. The van der Waals surface area contributed by atoms with Crippen LogP contribution in [0.1, 0.15) is 47.5 Å². The van der Waals surface area contributed by atoms with E-state index in [0.29, 0.717) is 18.0 Å². The molecule has 222 valence electrons. The first-order valence-electron chi connectivity index (χ1n) is 12.6. The van der Waals surface area contributed by atoms with Gasteiger partial charge >= 0.3 is 12.1 Å². The minimum atomic E-state index is -4.62. The molecule has 1 fully saturated rings. The number of hydrogen-bond acceptors (Lipinski definition) is 7. The summed E-state index contributed by atoms with van der Waals surface area (Å²) < 4.78 is 51.3. The number of carbonyl (C=O) groups is 2. The van der Waals surface area contributed by atoms with E-state index in [4.69, 9.17) is 14.6 Å². The third-order valence-electron chi connectivity index (χ3n) is 6.52. The van der Waals surface area contributed by atoms with Crippen LogP contribution in [0.2, 0.25) is 0 Å². The van der Waals surface area contributed by atoms with Gasteiger partial charge in [0.15, 0.2) is 11.7 Å². The number of amides is 1. The topological polar surface area (TPSA) is 101 Å². The van der Waals surface area contributed by atoms with Crippen LogP contribution in [0.15, 0.2) is 42.5 Å². The molecule has 0 radical (unpaired) electrons. The maximum atomic E-state index is 13.8. The number of piperidine rings is 1. The quantitative estimate of drug-likeness (QED) is 0.280. The van der Waals surface area contributed by atoms with E-state index in [-0.39, 0.29) is 39.8 Å². The molecule has 3 aromatic rings. The number of anilines is 1. The van der Waals surface area contributed by atoms with E-state index in [1.165, 1.54) is 54.8 Å². The average molecular weight is 614 g/mol. The van der Waals surface area contributed by atoms with Crippen LogP contribution in [0.4, 0.5) is 18.3 Å². The van der Waals surface area contributed by atoms with Crippen molar-refractivity contribution in [2.24, 2.45) is 5.41 Å². The van der Waals surface area contributed by atoms with Crippen LogP contribution < -0.4 is 14.8 Å². The number of hydrogen-bond donors (Lipinski definition) is 2. The van der Waals surface area contributed by atoms with Gasteiger partial charge in [-0.2, -0.15) is 13.2 Å². The van der Waals surface area contributed by atoms with Gasteiger partial charge in [0, 0.05) is 29.1 Å². The van der Waals surface area contributed by atoms with Crippen molar-refractivity contribution in [3.63, 3.8) is 0 Å². The highest BCUT2D eigenvalue weighted by molar-refractivity contribution is 7.16. The summed E-state index contributed by atoms with van der Waals surface area (Å²) in [7, 11) is 1.19. The molecule has 0 atom stereocenters. The number of carboxylic acids is 1. The molecule has 0 spiro atoms. The van der Waals surface area contributed by atoms with Crippen LogP contribution in [0, 0.1) is 5.41 Å². The first kappa shape index (κ1) is 32.2. The monoisotopic (exact) mass is 613 g/mol. The van der Waals surface area contributed by atoms with Crippen molar-refractivity contribution in [3.8, 4) is 22.8 Å². The van der Waals surface area contributed by atoms with Crippen LogP contribution in [-0.4, -0.2) is 53.7 Å². The standard InChI is InChI=1S/C28H30F3N3O5S.ClH/c1-27(2)11-4-12-34(16-27)14-22-24(18-7-10-21(38-3)20(13-18)28(29,30)31)32-26(40-22)33-25(37)17-5-8-19(9-6-17)39-15-23(35)36;/h5-10,13H,4,11-12,14-16H2,1-3H3,(H,35,36)(H,32,33,37);1H. The lowest BCUT2D eigenvalue weighted by atomic mass is 9.84. The van der Waals surface area contributed by atoms with E-state index < -0.39 is 30.2 Å². The summed E-state index contributed by atoms with van der Waals surface area (Å²) in [6.07, 6.45) is -2.52. The maximum absolute atomic E-state index is 13.8. The number of nitrogens with one attached hydrogen (secondary N) is 1. The molecule has 2 heterocycles. The third kappa shape index (κ3) is 8.34. The number of rotatable bonds is 9. The summed E-state index contributed by atoms with van der Waals surface area (Å²) in [4.78, 5) is 31.2. The number of halogens is 4. The van der Waals surface area contributed by atoms with E-state index >= 15 is 0 Å². The van der Waals surface area contributed by atoms with Gasteiger partial charge in [-0.25, -0.2) is 9.78 Å². The van der Waals surface area contributed by atoms with E-state index in [9.17, 15) is 22.8 Å². The second kappa shape index (κ2) is 13.1. The number of methoxy groups -OCH3 is 1.